The van der Waals surface area contributed by atoms with Gasteiger partial charge in [-0.3, -0.25) is 5.10 Å². The molecule has 0 aliphatic rings. The Morgan fingerprint density at radius 3 is 3.00 bits per heavy atom. The molecule has 1 heterocycles. The molecule has 13 heavy (non-hydrogen) atoms. The molecular formula is C9H7BrN2O. The highest BCUT2D eigenvalue weighted by Crippen LogP contribution is 2.25. The number of hydrogen-bond donors (Lipinski definition) is 1. The minimum atomic E-state index is -0.306. The number of para-hydroxylation sites is 1. The molecule has 1 atom stereocenters. The summed E-state index contributed by atoms with van der Waals surface area (Å²) in [5.74, 6) is 0. The molecule has 4 heteroatoms. The number of benzene rings is 1. The zero-order valence-corrected chi connectivity index (χ0v) is 8.28. The Labute approximate surface area is 83.3 Å². The Bertz CT molecular complexity index is 438. The summed E-state index contributed by atoms with van der Waals surface area (Å²) in [6.45, 7) is 0. The van der Waals surface area contributed by atoms with E-state index in [1.54, 1.807) is 0 Å². The van der Waals surface area contributed by atoms with Crippen LogP contribution in [0.1, 0.15) is 10.5 Å². The van der Waals surface area contributed by atoms with Crippen LogP contribution in [-0.2, 0) is 4.79 Å². The van der Waals surface area contributed by atoms with Gasteiger partial charge in [0.25, 0.3) is 0 Å². The second-order valence-electron chi connectivity index (χ2n) is 2.69. The molecule has 0 spiro atoms. The maximum atomic E-state index is 10.6. The largest absolute Gasteiger partial charge is 0.302 e. The van der Waals surface area contributed by atoms with Crippen LogP contribution in [0, 0.1) is 0 Å². The van der Waals surface area contributed by atoms with E-state index in [9.17, 15) is 4.79 Å². The lowest BCUT2D eigenvalue weighted by Gasteiger charge is -1.97. The molecular weight excluding hydrogens is 232 g/mol. The zero-order chi connectivity index (χ0) is 9.26. The van der Waals surface area contributed by atoms with Crippen molar-refractivity contribution < 1.29 is 4.79 Å². The summed E-state index contributed by atoms with van der Waals surface area (Å²) in [6, 6.07) is 7.68. The van der Waals surface area contributed by atoms with Gasteiger partial charge >= 0.3 is 0 Å². The third kappa shape index (κ3) is 1.37. The number of nitrogens with one attached hydrogen (secondary N) is 1. The van der Waals surface area contributed by atoms with Gasteiger partial charge in [0.1, 0.15) is 11.1 Å². The number of hydrogen-bond acceptors (Lipinski definition) is 2. The average Bonchev–Trinajstić information content (AvgIpc) is 2.60. The van der Waals surface area contributed by atoms with Gasteiger partial charge in [0.15, 0.2) is 0 Å². The number of fused-ring (bicyclic) bond motifs is 1. The summed E-state index contributed by atoms with van der Waals surface area (Å²) in [5, 5.41) is 7.89. The normalized spacial score (nSPS) is 13.0. The zero-order valence-electron chi connectivity index (χ0n) is 6.70. The maximum Gasteiger partial charge on any atom is 0.139 e. The number of rotatable bonds is 2. The van der Waals surface area contributed by atoms with Crippen molar-refractivity contribution in [1.82, 2.24) is 10.2 Å². The lowest BCUT2D eigenvalue weighted by Crippen LogP contribution is -1.91. The van der Waals surface area contributed by atoms with E-state index in [0.717, 1.165) is 22.9 Å². The number of aromatic amines is 1. The molecule has 0 bridgehead atoms. The van der Waals surface area contributed by atoms with E-state index >= 15 is 0 Å². The molecule has 1 N–H and O–H groups in total. The molecule has 0 radical (unpaired) electrons. The van der Waals surface area contributed by atoms with E-state index in [0.29, 0.717) is 0 Å². The number of carbonyl (C=O) groups excluding carboxylic acids is 1. The van der Waals surface area contributed by atoms with Crippen LogP contribution in [0.25, 0.3) is 10.9 Å². The fourth-order valence-corrected chi connectivity index (χ4v) is 1.61. The van der Waals surface area contributed by atoms with Crippen molar-refractivity contribution >= 4 is 33.1 Å². The van der Waals surface area contributed by atoms with Crippen molar-refractivity contribution in [2.45, 2.75) is 4.83 Å². The summed E-state index contributed by atoms with van der Waals surface area (Å²) in [6.07, 6.45) is 0.833. The van der Waals surface area contributed by atoms with Gasteiger partial charge < -0.3 is 4.79 Å². The fourth-order valence-electron chi connectivity index (χ4n) is 1.26. The van der Waals surface area contributed by atoms with Crippen LogP contribution in [0.15, 0.2) is 24.3 Å². The Hall–Kier alpha value is -1.16. The molecule has 0 saturated carbocycles. The van der Waals surface area contributed by atoms with Gasteiger partial charge in [0, 0.05) is 5.39 Å². The van der Waals surface area contributed by atoms with Crippen molar-refractivity contribution in [2.75, 3.05) is 0 Å². The second kappa shape index (κ2) is 3.30. The van der Waals surface area contributed by atoms with Crippen LogP contribution in [0.4, 0.5) is 0 Å². The Morgan fingerprint density at radius 1 is 1.46 bits per heavy atom. The molecule has 1 aromatic carbocycles. The molecule has 0 aliphatic carbocycles. The lowest BCUT2D eigenvalue weighted by molar-refractivity contribution is -0.107. The maximum absolute atomic E-state index is 10.6. The molecule has 2 rings (SSSR count). The summed E-state index contributed by atoms with van der Waals surface area (Å²) >= 11 is 3.25. The molecule has 1 unspecified atom stereocenters. The number of carbonyl (C=O) groups is 1. The summed E-state index contributed by atoms with van der Waals surface area (Å²) in [7, 11) is 0. The van der Waals surface area contributed by atoms with Crippen molar-refractivity contribution in [3.05, 3.63) is 30.0 Å². The van der Waals surface area contributed by atoms with Crippen LogP contribution in [0.5, 0.6) is 0 Å². The molecule has 2 aromatic rings. The predicted octanol–water partition coefficient (Wildman–Crippen LogP) is 2.20. The van der Waals surface area contributed by atoms with Crippen LogP contribution >= 0.6 is 15.9 Å². The van der Waals surface area contributed by atoms with Crippen LogP contribution in [0.2, 0.25) is 0 Å². The highest BCUT2D eigenvalue weighted by Gasteiger charge is 2.11. The predicted molar refractivity (Wildman–Crippen MR) is 53.8 cm³/mol. The van der Waals surface area contributed by atoms with Crippen molar-refractivity contribution in [3.63, 3.8) is 0 Å². The van der Waals surface area contributed by atoms with Gasteiger partial charge in [-0.1, -0.05) is 34.1 Å². The molecule has 66 valence electrons. The molecule has 0 saturated heterocycles. The molecule has 3 nitrogen and oxygen atoms in total. The van der Waals surface area contributed by atoms with Crippen LogP contribution in [-0.4, -0.2) is 16.5 Å². The molecule has 0 amide bonds. The Balaban J connectivity index is 2.64. The van der Waals surface area contributed by atoms with E-state index < -0.39 is 0 Å². The number of alkyl halides is 1. The van der Waals surface area contributed by atoms with E-state index in [1.807, 2.05) is 24.3 Å². The van der Waals surface area contributed by atoms with Gasteiger partial charge in [0.05, 0.1) is 11.2 Å². The number of aromatic nitrogens is 2. The van der Waals surface area contributed by atoms with Crippen molar-refractivity contribution in [3.8, 4) is 0 Å². The van der Waals surface area contributed by atoms with Gasteiger partial charge in [-0.05, 0) is 6.07 Å². The van der Waals surface area contributed by atoms with Gasteiger partial charge in [-0.2, -0.15) is 5.10 Å². The van der Waals surface area contributed by atoms with Crippen molar-refractivity contribution in [2.24, 2.45) is 0 Å². The number of aldehydes is 1. The minimum Gasteiger partial charge on any atom is -0.302 e. The van der Waals surface area contributed by atoms with Gasteiger partial charge in [-0.15, -0.1) is 0 Å². The monoisotopic (exact) mass is 238 g/mol. The Morgan fingerprint density at radius 2 is 2.23 bits per heavy atom. The average molecular weight is 239 g/mol. The first-order valence-corrected chi connectivity index (χ1v) is 4.77. The minimum absolute atomic E-state index is 0.306. The first-order chi connectivity index (χ1) is 6.33. The van der Waals surface area contributed by atoms with E-state index in [4.69, 9.17) is 0 Å². The lowest BCUT2D eigenvalue weighted by atomic mass is 10.2. The highest BCUT2D eigenvalue weighted by atomic mass is 79.9. The van der Waals surface area contributed by atoms with Crippen LogP contribution in [0.3, 0.4) is 0 Å². The third-order valence-electron chi connectivity index (χ3n) is 1.89. The summed E-state index contributed by atoms with van der Waals surface area (Å²) < 4.78 is 0. The smallest absolute Gasteiger partial charge is 0.139 e. The summed E-state index contributed by atoms with van der Waals surface area (Å²) in [5.41, 5.74) is 1.69. The quantitative estimate of drug-likeness (QED) is 0.644. The Kier molecular flexibility index (Phi) is 2.14. The van der Waals surface area contributed by atoms with E-state index in [1.165, 1.54) is 0 Å². The van der Waals surface area contributed by atoms with Crippen molar-refractivity contribution in [1.29, 1.82) is 0 Å². The first-order valence-electron chi connectivity index (χ1n) is 3.85. The topological polar surface area (TPSA) is 45.8 Å². The number of H-pyrrole nitrogens is 1. The first kappa shape index (κ1) is 8.44. The van der Waals surface area contributed by atoms with E-state index in [-0.39, 0.29) is 4.83 Å². The molecule has 0 fully saturated rings. The SMILES string of the molecule is O=CC(Br)c1[nH]nc2ccccc12. The highest BCUT2D eigenvalue weighted by molar-refractivity contribution is 9.09. The fraction of sp³-hybridized carbons (Fsp3) is 0.111. The van der Waals surface area contributed by atoms with E-state index in [2.05, 4.69) is 26.1 Å². The number of halogens is 1. The van der Waals surface area contributed by atoms with Gasteiger partial charge in [-0.25, -0.2) is 0 Å². The molecule has 1 aromatic heterocycles. The standard InChI is InChI=1S/C9H7BrN2O/c10-7(5-13)9-6-3-1-2-4-8(6)11-12-9/h1-5,7H,(H,11,12). The molecule has 0 aliphatic heterocycles. The third-order valence-corrected chi connectivity index (χ3v) is 2.56. The van der Waals surface area contributed by atoms with Gasteiger partial charge in [0.2, 0.25) is 0 Å². The van der Waals surface area contributed by atoms with Crippen LogP contribution < -0.4 is 0 Å². The number of nitrogens with zero attached hydrogens (tertiary/aromatic N) is 1. The summed E-state index contributed by atoms with van der Waals surface area (Å²) in [4.78, 5) is 10.2. The second-order valence-corrected chi connectivity index (χ2v) is 3.68.